The summed E-state index contributed by atoms with van der Waals surface area (Å²) in [6, 6.07) is 4.44. The number of hydrogen-bond acceptors (Lipinski definition) is 3. The summed E-state index contributed by atoms with van der Waals surface area (Å²) in [4.78, 5) is 24.6. The number of anilines is 1. The number of benzene rings is 1. The standard InChI is InChI=1S/C12H11F3N2O2/c13-12(14,15)5-2-6-17-10(18)7-3-1-4-8(16)9(7)11(17)19/h1,3-4H,2,5-6,16H2. The Morgan fingerprint density at radius 3 is 2.42 bits per heavy atom. The first-order valence-electron chi connectivity index (χ1n) is 5.62. The molecule has 1 aliphatic heterocycles. The molecule has 0 fully saturated rings. The van der Waals surface area contributed by atoms with Crippen LogP contribution in [0.1, 0.15) is 33.6 Å². The highest BCUT2D eigenvalue weighted by atomic mass is 19.4. The van der Waals surface area contributed by atoms with Crippen LogP contribution in [0.3, 0.4) is 0 Å². The average Bonchev–Trinajstić information content (AvgIpc) is 2.54. The summed E-state index contributed by atoms with van der Waals surface area (Å²) in [5, 5.41) is 0. The molecular weight excluding hydrogens is 261 g/mol. The Morgan fingerprint density at radius 1 is 1.16 bits per heavy atom. The second kappa shape index (κ2) is 4.56. The third-order valence-corrected chi connectivity index (χ3v) is 2.87. The van der Waals surface area contributed by atoms with Crippen LogP contribution in [0.5, 0.6) is 0 Å². The number of carbonyl (C=O) groups excluding carboxylic acids is 2. The minimum Gasteiger partial charge on any atom is -0.398 e. The number of alkyl halides is 3. The number of nitrogens with two attached hydrogens (primary N) is 1. The number of fused-ring (bicyclic) bond motifs is 1. The van der Waals surface area contributed by atoms with Gasteiger partial charge in [-0.2, -0.15) is 13.2 Å². The molecule has 2 N–H and O–H groups in total. The fourth-order valence-corrected chi connectivity index (χ4v) is 2.00. The van der Waals surface area contributed by atoms with Gasteiger partial charge in [0, 0.05) is 18.7 Å². The van der Waals surface area contributed by atoms with Crippen LogP contribution in [-0.2, 0) is 0 Å². The number of amides is 2. The van der Waals surface area contributed by atoms with Gasteiger partial charge in [0.2, 0.25) is 0 Å². The first-order valence-corrected chi connectivity index (χ1v) is 5.62. The SMILES string of the molecule is Nc1cccc2c1C(=O)N(CCCC(F)(F)F)C2=O. The third-order valence-electron chi connectivity index (χ3n) is 2.87. The van der Waals surface area contributed by atoms with Crippen molar-refractivity contribution in [1.29, 1.82) is 0 Å². The minimum atomic E-state index is -4.29. The van der Waals surface area contributed by atoms with E-state index in [1.165, 1.54) is 18.2 Å². The fraction of sp³-hybridized carbons (Fsp3) is 0.333. The van der Waals surface area contributed by atoms with Gasteiger partial charge in [-0.15, -0.1) is 0 Å². The largest absolute Gasteiger partial charge is 0.398 e. The van der Waals surface area contributed by atoms with E-state index in [4.69, 9.17) is 5.73 Å². The smallest absolute Gasteiger partial charge is 0.389 e. The van der Waals surface area contributed by atoms with E-state index in [1.807, 2.05) is 0 Å². The molecule has 0 spiro atoms. The maximum absolute atomic E-state index is 12.0. The molecule has 4 nitrogen and oxygen atoms in total. The van der Waals surface area contributed by atoms with Gasteiger partial charge >= 0.3 is 6.18 Å². The number of hydrogen-bond donors (Lipinski definition) is 1. The average molecular weight is 272 g/mol. The molecule has 1 aromatic carbocycles. The van der Waals surface area contributed by atoms with Crippen molar-refractivity contribution in [3.05, 3.63) is 29.3 Å². The molecule has 2 rings (SSSR count). The first kappa shape index (κ1) is 13.4. The molecule has 0 bridgehead atoms. The number of halogens is 3. The third kappa shape index (κ3) is 2.54. The molecule has 102 valence electrons. The van der Waals surface area contributed by atoms with Gasteiger partial charge in [0.1, 0.15) is 0 Å². The van der Waals surface area contributed by atoms with Gasteiger partial charge in [-0.3, -0.25) is 14.5 Å². The highest BCUT2D eigenvalue weighted by Crippen LogP contribution is 2.28. The van der Waals surface area contributed by atoms with Gasteiger partial charge in [-0.1, -0.05) is 6.07 Å². The van der Waals surface area contributed by atoms with Gasteiger partial charge in [0.25, 0.3) is 11.8 Å². The lowest BCUT2D eigenvalue weighted by Gasteiger charge is -2.14. The van der Waals surface area contributed by atoms with Gasteiger partial charge in [-0.25, -0.2) is 0 Å². The summed E-state index contributed by atoms with van der Waals surface area (Å²) < 4.78 is 36.1. The Labute approximate surface area is 107 Å². The second-order valence-corrected chi connectivity index (χ2v) is 4.25. The molecule has 7 heteroatoms. The first-order chi connectivity index (χ1) is 8.81. The molecule has 0 saturated heterocycles. The molecule has 0 radical (unpaired) electrons. The normalized spacial score (nSPS) is 15.0. The topological polar surface area (TPSA) is 63.4 Å². The van der Waals surface area contributed by atoms with Crippen molar-refractivity contribution >= 4 is 17.5 Å². The summed E-state index contributed by atoms with van der Waals surface area (Å²) in [6.07, 6.45) is -5.64. The predicted molar refractivity (Wildman–Crippen MR) is 61.5 cm³/mol. The summed E-state index contributed by atoms with van der Waals surface area (Å²) in [5.41, 5.74) is 6.00. The van der Waals surface area contributed by atoms with E-state index >= 15 is 0 Å². The van der Waals surface area contributed by atoms with Crippen LogP contribution in [0.4, 0.5) is 18.9 Å². The van der Waals surface area contributed by atoms with Crippen molar-refractivity contribution in [1.82, 2.24) is 4.90 Å². The molecule has 0 atom stereocenters. The Kier molecular flexibility index (Phi) is 3.21. The Balaban J connectivity index is 2.13. The van der Waals surface area contributed by atoms with Crippen LogP contribution in [0, 0.1) is 0 Å². The van der Waals surface area contributed by atoms with Crippen LogP contribution in [0.25, 0.3) is 0 Å². The number of nitrogens with zero attached hydrogens (tertiary/aromatic N) is 1. The molecule has 19 heavy (non-hydrogen) atoms. The predicted octanol–water partition coefficient (Wildman–Crippen LogP) is 2.21. The zero-order valence-electron chi connectivity index (χ0n) is 9.83. The molecule has 2 amide bonds. The van der Waals surface area contributed by atoms with E-state index in [1.54, 1.807) is 0 Å². The molecule has 1 heterocycles. The quantitative estimate of drug-likeness (QED) is 0.677. The lowest BCUT2D eigenvalue weighted by atomic mass is 10.1. The van der Waals surface area contributed by atoms with Crippen molar-refractivity contribution in [3.63, 3.8) is 0 Å². The fourth-order valence-electron chi connectivity index (χ4n) is 2.00. The van der Waals surface area contributed by atoms with Gasteiger partial charge in [-0.05, 0) is 18.6 Å². The maximum atomic E-state index is 12.0. The number of carbonyl (C=O) groups is 2. The van der Waals surface area contributed by atoms with E-state index in [9.17, 15) is 22.8 Å². The van der Waals surface area contributed by atoms with Crippen molar-refractivity contribution in [2.24, 2.45) is 0 Å². The molecule has 0 unspecified atom stereocenters. The van der Waals surface area contributed by atoms with Crippen LogP contribution in [0.15, 0.2) is 18.2 Å². The van der Waals surface area contributed by atoms with Crippen molar-refractivity contribution in [2.75, 3.05) is 12.3 Å². The van der Waals surface area contributed by atoms with Crippen LogP contribution in [-0.4, -0.2) is 29.4 Å². The molecule has 1 aromatic rings. The molecule has 1 aliphatic rings. The zero-order chi connectivity index (χ0) is 14.2. The summed E-state index contributed by atoms with van der Waals surface area (Å²) >= 11 is 0. The van der Waals surface area contributed by atoms with E-state index in [-0.39, 0.29) is 29.8 Å². The summed E-state index contributed by atoms with van der Waals surface area (Å²) in [7, 11) is 0. The van der Waals surface area contributed by atoms with Crippen LogP contribution >= 0.6 is 0 Å². The zero-order valence-corrected chi connectivity index (χ0v) is 9.83. The second-order valence-electron chi connectivity index (χ2n) is 4.25. The maximum Gasteiger partial charge on any atom is 0.389 e. The summed E-state index contributed by atoms with van der Waals surface area (Å²) in [6.45, 7) is -0.259. The Bertz CT molecular complexity index is 540. The van der Waals surface area contributed by atoms with E-state index in [0.29, 0.717) is 0 Å². The molecule has 0 aromatic heterocycles. The Hall–Kier alpha value is -2.05. The molecule has 0 saturated carbocycles. The molecular formula is C12H11F3N2O2. The monoisotopic (exact) mass is 272 g/mol. The number of imide groups is 1. The summed E-state index contributed by atoms with van der Waals surface area (Å²) in [5.74, 6) is -1.21. The Morgan fingerprint density at radius 2 is 1.84 bits per heavy atom. The van der Waals surface area contributed by atoms with Gasteiger partial charge in [0.05, 0.1) is 11.1 Å². The highest BCUT2D eigenvalue weighted by molar-refractivity contribution is 6.23. The van der Waals surface area contributed by atoms with Gasteiger partial charge < -0.3 is 5.73 Å². The van der Waals surface area contributed by atoms with Crippen molar-refractivity contribution in [2.45, 2.75) is 19.0 Å². The van der Waals surface area contributed by atoms with E-state index < -0.39 is 24.4 Å². The molecule has 0 aliphatic carbocycles. The minimum absolute atomic E-state index is 0.0829. The van der Waals surface area contributed by atoms with E-state index in [0.717, 1.165) is 4.90 Å². The lowest BCUT2D eigenvalue weighted by molar-refractivity contribution is -0.135. The van der Waals surface area contributed by atoms with Crippen LogP contribution < -0.4 is 5.73 Å². The van der Waals surface area contributed by atoms with E-state index in [2.05, 4.69) is 0 Å². The number of nitrogen functional groups attached to an aromatic ring is 1. The lowest BCUT2D eigenvalue weighted by Crippen LogP contribution is -2.31. The number of rotatable bonds is 3. The van der Waals surface area contributed by atoms with Crippen molar-refractivity contribution < 1.29 is 22.8 Å². The van der Waals surface area contributed by atoms with Gasteiger partial charge in [0.15, 0.2) is 0 Å². The van der Waals surface area contributed by atoms with Crippen LogP contribution in [0.2, 0.25) is 0 Å². The highest BCUT2D eigenvalue weighted by Gasteiger charge is 2.37. The van der Waals surface area contributed by atoms with Crippen molar-refractivity contribution in [3.8, 4) is 0 Å².